The van der Waals surface area contributed by atoms with Crippen LogP contribution >= 0.6 is 11.6 Å². The molecule has 1 atom stereocenters. The van der Waals surface area contributed by atoms with Crippen molar-refractivity contribution in [3.05, 3.63) is 88.2 Å². The number of imidazole rings is 1. The minimum atomic E-state index is -0.490. The summed E-state index contributed by atoms with van der Waals surface area (Å²) in [6.07, 6.45) is 2.22. The predicted molar refractivity (Wildman–Crippen MR) is 87.4 cm³/mol. The third-order valence-corrected chi connectivity index (χ3v) is 4.03. The normalized spacial score (nSPS) is 12.1. The highest BCUT2D eigenvalue weighted by molar-refractivity contribution is 6.30. The third-order valence-electron chi connectivity index (χ3n) is 3.77. The Morgan fingerprint density at radius 2 is 1.87 bits per heavy atom. The first-order valence-corrected chi connectivity index (χ1v) is 7.48. The van der Waals surface area contributed by atoms with E-state index >= 15 is 0 Å². The number of hydrogen-bond donors (Lipinski definition) is 0. The minimum Gasteiger partial charge on any atom is -0.314 e. The second-order valence-corrected chi connectivity index (χ2v) is 5.63. The fourth-order valence-electron chi connectivity index (χ4n) is 2.70. The lowest BCUT2D eigenvalue weighted by Gasteiger charge is -2.23. The van der Waals surface area contributed by atoms with Crippen LogP contribution in [0.1, 0.15) is 33.5 Å². The smallest absolute Gasteiger partial charge is 0.168 e. The Morgan fingerprint density at radius 1 is 1.17 bits per heavy atom. The van der Waals surface area contributed by atoms with Gasteiger partial charge in [0.25, 0.3) is 0 Å². The van der Waals surface area contributed by atoms with E-state index in [1.165, 1.54) is 12.3 Å². The molecule has 0 amide bonds. The summed E-state index contributed by atoms with van der Waals surface area (Å²) in [5.41, 5.74) is 1.69. The molecule has 3 aromatic rings. The Balaban J connectivity index is 2.26. The molecule has 1 heterocycles. The van der Waals surface area contributed by atoms with E-state index in [2.05, 4.69) is 4.98 Å². The Morgan fingerprint density at radius 3 is 2.52 bits per heavy atom. The molecule has 0 fully saturated rings. The molecule has 3 rings (SSSR count). The predicted octanol–water partition coefficient (Wildman–Crippen LogP) is 4.43. The second kappa shape index (κ2) is 6.34. The quantitative estimate of drug-likeness (QED) is 0.664. The zero-order chi connectivity index (χ0) is 16.4. The van der Waals surface area contributed by atoms with Gasteiger partial charge >= 0.3 is 0 Å². The highest BCUT2D eigenvalue weighted by Crippen LogP contribution is 2.31. The molecule has 0 aliphatic carbocycles. The summed E-state index contributed by atoms with van der Waals surface area (Å²) in [7, 11) is 0. The Kier molecular flexibility index (Phi) is 4.26. The van der Waals surface area contributed by atoms with E-state index < -0.39 is 6.04 Å². The van der Waals surface area contributed by atoms with E-state index in [0.29, 0.717) is 22.1 Å². The number of hydrogen-bond acceptors (Lipinski definition) is 2. The monoisotopic (exact) mass is 328 g/mol. The van der Waals surface area contributed by atoms with Crippen molar-refractivity contribution in [3.8, 4) is 0 Å². The number of aldehydes is 1. The maximum Gasteiger partial charge on any atom is 0.168 e. The van der Waals surface area contributed by atoms with Crippen molar-refractivity contribution < 1.29 is 9.18 Å². The molecule has 3 nitrogen and oxygen atoms in total. The maximum absolute atomic E-state index is 14.4. The summed E-state index contributed by atoms with van der Waals surface area (Å²) in [6.45, 7) is 1.79. The van der Waals surface area contributed by atoms with E-state index in [0.717, 1.165) is 11.8 Å². The van der Waals surface area contributed by atoms with Gasteiger partial charge in [0.1, 0.15) is 17.3 Å². The fourth-order valence-corrected chi connectivity index (χ4v) is 2.83. The SMILES string of the molecule is Cc1ncc(C=O)n1C(c1ccc(Cl)cc1)c1ccccc1F. The number of halogens is 2. The number of nitrogens with zero attached hydrogens (tertiary/aromatic N) is 2. The largest absolute Gasteiger partial charge is 0.314 e. The summed E-state index contributed by atoms with van der Waals surface area (Å²) < 4.78 is 16.1. The molecule has 0 spiro atoms. The summed E-state index contributed by atoms with van der Waals surface area (Å²) in [5, 5.41) is 0.596. The molecular formula is C18H14ClFN2O. The van der Waals surface area contributed by atoms with Crippen molar-refractivity contribution in [1.29, 1.82) is 0 Å². The van der Waals surface area contributed by atoms with Crippen molar-refractivity contribution in [2.45, 2.75) is 13.0 Å². The number of benzene rings is 2. The summed E-state index contributed by atoms with van der Waals surface area (Å²) in [5.74, 6) is 0.299. The molecule has 0 N–H and O–H groups in total. The van der Waals surface area contributed by atoms with Gasteiger partial charge in [0.2, 0.25) is 0 Å². The minimum absolute atomic E-state index is 0.336. The first-order chi connectivity index (χ1) is 11.1. The zero-order valence-corrected chi connectivity index (χ0v) is 13.2. The molecule has 2 aromatic carbocycles. The van der Waals surface area contributed by atoms with Gasteiger partial charge in [-0.25, -0.2) is 9.37 Å². The highest BCUT2D eigenvalue weighted by Gasteiger charge is 2.23. The van der Waals surface area contributed by atoms with Crippen LogP contribution in [0.4, 0.5) is 4.39 Å². The van der Waals surface area contributed by atoms with Crippen LogP contribution in [0, 0.1) is 12.7 Å². The van der Waals surface area contributed by atoms with E-state index in [-0.39, 0.29) is 5.82 Å². The summed E-state index contributed by atoms with van der Waals surface area (Å²) >= 11 is 5.96. The van der Waals surface area contributed by atoms with Crippen molar-refractivity contribution >= 4 is 17.9 Å². The third kappa shape index (κ3) is 2.90. The highest BCUT2D eigenvalue weighted by atomic mass is 35.5. The molecule has 116 valence electrons. The van der Waals surface area contributed by atoms with Crippen LogP contribution in [0.15, 0.2) is 54.7 Å². The fraction of sp³-hybridized carbons (Fsp3) is 0.111. The van der Waals surface area contributed by atoms with Crippen LogP contribution in [0.25, 0.3) is 0 Å². The molecule has 5 heteroatoms. The molecule has 0 aliphatic heterocycles. The van der Waals surface area contributed by atoms with Crippen LogP contribution in [-0.4, -0.2) is 15.8 Å². The molecule has 0 bridgehead atoms. The number of aromatic nitrogens is 2. The second-order valence-electron chi connectivity index (χ2n) is 5.19. The molecule has 0 aliphatic rings. The molecule has 23 heavy (non-hydrogen) atoms. The van der Waals surface area contributed by atoms with Gasteiger partial charge in [-0.15, -0.1) is 0 Å². The first-order valence-electron chi connectivity index (χ1n) is 7.10. The van der Waals surface area contributed by atoms with Crippen LogP contribution in [0.5, 0.6) is 0 Å². The van der Waals surface area contributed by atoms with Gasteiger partial charge in [0.15, 0.2) is 6.29 Å². The van der Waals surface area contributed by atoms with Crippen molar-refractivity contribution in [1.82, 2.24) is 9.55 Å². The van der Waals surface area contributed by atoms with Gasteiger partial charge in [0, 0.05) is 10.6 Å². The Bertz CT molecular complexity index is 842. The van der Waals surface area contributed by atoms with Crippen molar-refractivity contribution in [2.24, 2.45) is 0 Å². The molecule has 0 radical (unpaired) electrons. The molecular weight excluding hydrogens is 315 g/mol. The number of carbonyl (C=O) groups excluding carboxylic acids is 1. The van der Waals surface area contributed by atoms with Gasteiger partial charge in [-0.2, -0.15) is 0 Å². The molecule has 1 aromatic heterocycles. The van der Waals surface area contributed by atoms with E-state index in [1.54, 1.807) is 41.8 Å². The zero-order valence-electron chi connectivity index (χ0n) is 12.4. The Labute approximate surface area is 138 Å². The average Bonchev–Trinajstić information content (AvgIpc) is 2.92. The standard InChI is InChI=1S/C18H14ClFN2O/c1-12-21-10-15(11-23)22(12)18(13-6-8-14(19)9-7-13)16-4-2-3-5-17(16)20/h2-11,18H,1H3. The molecule has 0 saturated carbocycles. The first kappa shape index (κ1) is 15.4. The van der Waals surface area contributed by atoms with E-state index in [1.807, 2.05) is 12.1 Å². The van der Waals surface area contributed by atoms with Gasteiger partial charge < -0.3 is 4.57 Å². The lowest BCUT2D eigenvalue weighted by Crippen LogP contribution is -2.17. The van der Waals surface area contributed by atoms with Gasteiger partial charge in [-0.1, -0.05) is 41.9 Å². The van der Waals surface area contributed by atoms with Gasteiger partial charge in [-0.3, -0.25) is 4.79 Å². The topological polar surface area (TPSA) is 34.9 Å². The van der Waals surface area contributed by atoms with Gasteiger partial charge in [-0.05, 0) is 30.7 Å². The van der Waals surface area contributed by atoms with E-state index in [4.69, 9.17) is 11.6 Å². The van der Waals surface area contributed by atoms with Crippen LogP contribution < -0.4 is 0 Å². The average molecular weight is 329 g/mol. The summed E-state index contributed by atoms with van der Waals surface area (Å²) in [6, 6.07) is 13.2. The van der Waals surface area contributed by atoms with Crippen LogP contribution in [0.2, 0.25) is 5.02 Å². The number of aryl methyl sites for hydroxylation is 1. The summed E-state index contributed by atoms with van der Waals surface area (Å²) in [4.78, 5) is 15.6. The maximum atomic E-state index is 14.4. The lowest BCUT2D eigenvalue weighted by molar-refractivity contribution is 0.111. The van der Waals surface area contributed by atoms with Crippen LogP contribution in [0.3, 0.4) is 0 Å². The van der Waals surface area contributed by atoms with Crippen molar-refractivity contribution in [3.63, 3.8) is 0 Å². The van der Waals surface area contributed by atoms with Crippen molar-refractivity contribution in [2.75, 3.05) is 0 Å². The van der Waals surface area contributed by atoms with Crippen LogP contribution in [-0.2, 0) is 0 Å². The van der Waals surface area contributed by atoms with E-state index in [9.17, 15) is 9.18 Å². The number of carbonyl (C=O) groups is 1. The molecule has 1 unspecified atom stereocenters. The number of rotatable bonds is 4. The van der Waals surface area contributed by atoms with Gasteiger partial charge in [0.05, 0.1) is 12.2 Å². The lowest BCUT2D eigenvalue weighted by atomic mass is 9.97. The molecule has 0 saturated heterocycles. The Hall–Kier alpha value is -2.46.